The molecule has 2 aromatic heterocycles. The highest BCUT2D eigenvalue weighted by molar-refractivity contribution is 7.99. The van der Waals surface area contributed by atoms with Crippen molar-refractivity contribution < 1.29 is 9.53 Å². The highest BCUT2D eigenvalue weighted by Crippen LogP contribution is 2.42. The van der Waals surface area contributed by atoms with E-state index in [9.17, 15) is 9.59 Å². The predicted molar refractivity (Wildman–Crippen MR) is 158 cm³/mol. The molecule has 4 aromatic rings. The van der Waals surface area contributed by atoms with E-state index in [1.54, 1.807) is 35.1 Å². The summed E-state index contributed by atoms with van der Waals surface area (Å²) in [4.78, 5) is 33.8. The lowest BCUT2D eigenvalue weighted by Gasteiger charge is -2.33. The van der Waals surface area contributed by atoms with Gasteiger partial charge in [-0.25, -0.2) is 4.98 Å². The summed E-state index contributed by atoms with van der Waals surface area (Å²) >= 11 is 9.06. The minimum Gasteiger partial charge on any atom is -0.497 e. The van der Waals surface area contributed by atoms with Crippen LogP contribution in [0.1, 0.15) is 37.6 Å². The summed E-state index contributed by atoms with van der Waals surface area (Å²) < 4.78 is 6.93. The zero-order valence-electron chi connectivity index (χ0n) is 21.8. The number of thioether (sulfide) groups is 1. The van der Waals surface area contributed by atoms with Gasteiger partial charge in [-0.3, -0.25) is 14.2 Å². The van der Waals surface area contributed by atoms with Crippen LogP contribution in [0.4, 0.5) is 5.69 Å². The molecule has 1 N–H and O–H groups in total. The molecule has 0 fully saturated rings. The van der Waals surface area contributed by atoms with Crippen LogP contribution < -0.4 is 15.6 Å². The van der Waals surface area contributed by atoms with E-state index in [1.165, 1.54) is 16.6 Å². The third-order valence-electron chi connectivity index (χ3n) is 7.09. The molecule has 2 heterocycles. The second-order valence-corrected chi connectivity index (χ2v) is 13.0. The molecular formula is C29H30ClN3O3S2. The number of anilines is 1. The first-order valence-electron chi connectivity index (χ1n) is 12.5. The SMILES string of the molecule is COc1ccc(-n2c(SCC(=O)Nc3ccccc3Cl)nc3sc4c(c3c2=O)CCC(C(C)(C)C)C4)cc1. The Morgan fingerprint density at radius 3 is 2.63 bits per heavy atom. The average molecular weight is 568 g/mol. The van der Waals surface area contributed by atoms with Gasteiger partial charge in [-0.1, -0.05) is 56.3 Å². The number of carbonyl (C=O) groups is 1. The van der Waals surface area contributed by atoms with Gasteiger partial charge in [0.05, 0.1) is 34.6 Å². The number of halogens is 1. The lowest BCUT2D eigenvalue weighted by atomic mass is 9.72. The first kappa shape index (κ1) is 26.8. The Morgan fingerprint density at radius 1 is 1.21 bits per heavy atom. The molecule has 0 saturated carbocycles. The van der Waals surface area contributed by atoms with Crippen LogP contribution in [-0.4, -0.2) is 28.3 Å². The standard InChI is InChI=1S/C29H30ClN3O3S2/c1-29(2,3)17-9-14-20-23(15-17)38-26-25(20)27(35)33(18-10-12-19(36-4)13-11-18)28(32-26)37-16-24(34)31-22-8-6-5-7-21(22)30/h5-8,10-13,17H,9,14-16H2,1-4H3,(H,31,34). The lowest BCUT2D eigenvalue weighted by molar-refractivity contribution is -0.113. The number of ether oxygens (including phenoxy) is 1. The minimum atomic E-state index is -0.225. The van der Waals surface area contributed by atoms with Crippen LogP contribution in [0.25, 0.3) is 15.9 Å². The van der Waals surface area contributed by atoms with E-state index in [0.29, 0.717) is 38.6 Å². The van der Waals surface area contributed by atoms with Crippen molar-refractivity contribution in [2.75, 3.05) is 18.2 Å². The van der Waals surface area contributed by atoms with Crippen molar-refractivity contribution >= 4 is 56.5 Å². The van der Waals surface area contributed by atoms with E-state index < -0.39 is 0 Å². The highest BCUT2D eigenvalue weighted by atomic mass is 35.5. The van der Waals surface area contributed by atoms with E-state index in [4.69, 9.17) is 21.3 Å². The fourth-order valence-electron chi connectivity index (χ4n) is 4.88. The lowest BCUT2D eigenvalue weighted by Crippen LogP contribution is -2.27. The van der Waals surface area contributed by atoms with Gasteiger partial charge >= 0.3 is 0 Å². The van der Waals surface area contributed by atoms with Gasteiger partial charge in [0, 0.05) is 4.88 Å². The molecule has 5 rings (SSSR count). The van der Waals surface area contributed by atoms with Crippen molar-refractivity contribution in [1.29, 1.82) is 0 Å². The summed E-state index contributed by atoms with van der Waals surface area (Å²) in [5.74, 6) is 1.12. The number of methoxy groups -OCH3 is 1. The number of amides is 1. The maximum atomic E-state index is 14.1. The van der Waals surface area contributed by atoms with Crippen LogP contribution in [0.5, 0.6) is 5.75 Å². The zero-order valence-corrected chi connectivity index (χ0v) is 24.2. The largest absolute Gasteiger partial charge is 0.497 e. The summed E-state index contributed by atoms with van der Waals surface area (Å²) in [6.45, 7) is 6.86. The predicted octanol–water partition coefficient (Wildman–Crippen LogP) is 6.99. The summed E-state index contributed by atoms with van der Waals surface area (Å²) in [7, 11) is 1.61. The number of carbonyl (C=O) groups excluding carboxylic acids is 1. The second-order valence-electron chi connectivity index (χ2n) is 10.5. The fraction of sp³-hybridized carbons (Fsp3) is 0.345. The number of aromatic nitrogens is 2. The van der Waals surface area contributed by atoms with Crippen molar-refractivity contribution in [2.45, 2.75) is 45.2 Å². The van der Waals surface area contributed by atoms with Crippen molar-refractivity contribution in [1.82, 2.24) is 9.55 Å². The number of benzene rings is 2. The number of hydrogen-bond donors (Lipinski definition) is 1. The Labute approximate surface area is 235 Å². The van der Waals surface area contributed by atoms with Crippen LogP contribution in [0.15, 0.2) is 58.5 Å². The van der Waals surface area contributed by atoms with E-state index in [1.807, 2.05) is 36.4 Å². The number of para-hydroxylation sites is 1. The van der Waals surface area contributed by atoms with E-state index in [0.717, 1.165) is 29.7 Å². The van der Waals surface area contributed by atoms with Gasteiger partial charge in [0.2, 0.25) is 5.91 Å². The monoisotopic (exact) mass is 567 g/mol. The summed E-state index contributed by atoms with van der Waals surface area (Å²) in [5, 5.41) is 4.50. The Kier molecular flexibility index (Phi) is 7.58. The number of thiophene rings is 1. The maximum Gasteiger partial charge on any atom is 0.267 e. The molecule has 0 spiro atoms. The molecule has 38 heavy (non-hydrogen) atoms. The third kappa shape index (κ3) is 5.35. The molecule has 0 radical (unpaired) electrons. The van der Waals surface area contributed by atoms with Crippen LogP contribution in [-0.2, 0) is 17.6 Å². The first-order valence-corrected chi connectivity index (χ1v) is 14.7. The fourth-order valence-corrected chi connectivity index (χ4v) is 7.22. The molecule has 1 atom stereocenters. The summed E-state index contributed by atoms with van der Waals surface area (Å²) in [6.07, 6.45) is 2.90. The topological polar surface area (TPSA) is 73.2 Å². The molecule has 2 aromatic carbocycles. The maximum absolute atomic E-state index is 14.1. The number of rotatable bonds is 6. The van der Waals surface area contributed by atoms with E-state index in [2.05, 4.69) is 26.1 Å². The Hall–Kier alpha value is -2.81. The minimum absolute atomic E-state index is 0.0799. The van der Waals surface area contributed by atoms with Crippen molar-refractivity contribution in [3.63, 3.8) is 0 Å². The highest BCUT2D eigenvalue weighted by Gasteiger charge is 2.32. The summed E-state index contributed by atoms with van der Waals surface area (Å²) in [6, 6.07) is 14.4. The van der Waals surface area contributed by atoms with Crippen LogP contribution in [0.3, 0.4) is 0 Å². The van der Waals surface area contributed by atoms with Crippen LogP contribution >= 0.6 is 34.7 Å². The van der Waals surface area contributed by atoms with Gasteiger partial charge in [-0.05, 0) is 72.6 Å². The van der Waals surface area contributed by atoms with Gasteiger partial charge in [-0.15, -0.1) is 11.3 Å². The van der Waals surface area contributed by atoms with Gasteiger partial charge < -0.3 is 10.1 Å². The van der Waals surface area contributed by atoms with Crippen molar-refractivity contribution in [2.24, 2.45) is 11.3 Å². The van der Waals surface area contributed by atoms with E-state index >= 15 is 0 Å². The molecule has 0 bridgehead atoms. The molecule has 1 unspecified atom stereocenters. The molecule has 198 valence electrons. The Morgan fingerprint density at radius 2 is 1.95 bits per heavy atom. The van der Waals surface area contributed by atoms with Crippen molar-refractivity contribution in [3.05, 3.63) is 74.3 Å². The van der Waals surface area contributed by atoms with Gasteiger partial charge in [-0.2, -0.15) is 0 Å². The number of nitrogens with zero attached hydrogens (tertiary/aromatic N) is 2. The number of hydrogen-bond acceptors (Lipinski definition) is 6. The molecule has 0 saturated heterocycles. The number of nitrogens with one attached hydrogen (secondary N) is 1. The van der Waals surface area contributed by atoms with Gasteiger partial charge in [0.15, 0.2) is 5.16 Å². The Balaban J connectivity index is 1.54. The Bertz CT molecular complexity index is 1550. The normalized spacial score (nSPS) is 15.3. The van der Waals surface area contributed by atoms with Gasteiger partial charge in [0.25, 0.3) is 5.56 Å². The average Bonchev–Trinajstić information content (AvgIpc) is 3.26. The first-order chi connectivity index (χ1) is 18.2. The second kappa shape index (κ2) is 10.8. The molecule has 9 heteroatoms. The van der Waals surface area contributed by atoms with Crippen LogP contribution in [0.2, 0.25) is 5.02 Å². The smallest absolute Gasteiger partial charge is 0.267 e. The quantitative estimate of drug-likeness (QED) is 0.201. The van der Waals surface area contributed by atoms with Gasteiger partial charge in [0.1, 0.15) is 10.6 Å². The molecule has 1 aliphatic carbocycles. The summed E-state index contributed by atoms with van der Waals surface area (Å²) in [5.41, 5.74) is 2.48. The number of aryl methyl sites for hydroxylation is 1. The molecule has 6 nitrogen and oxygen atoms in total. The van der Waals surface area contributed by atoms with Crippen LogP contribution in [0, 0.1) is 11.3 Å². The molecular weight excluding hydrogens is 538 g/mol. The molecule has 0 aliphatic heterocycles. The zero-order chi connectivity index (χ0) is 27.0. The molecule has 1 amide bonds. The van der Waals surface area contributed by atoms with E-state index in [-0.39, 0.29) is 22.6 Å². The van der Waals surface area contributed by atoms with Crippen molar-refractivity contribution in [3.8, 4) is 11.4 Å². The molecule has 1 aliphatic rings. The third-order valence-corrected chi connectivity index (χ3v) is 9.50. The number of fused-ring (bicyclic) bond motifs is 3.